The number of hydrogen-bond acceptors (Lipinski definition) is 4. The molecule has 0 aromatic rings. The van der Waals surface area contributed by atoms with E-state index in [0.717, 1.165) is 6.54 Å². The molecular weight excluding hydrogens is 168 g/mol. The van der Waals surface area contributed by atoms with E-state index in [0.29, 0.717) is 18.4 Å². The average molecular weight is 190 g/mol. The lowest BCUT2D eigenvalue weighted by molar-refractivity contribution is 0.164. The average Bonchev–Trinajstić information content (AvgIpc) is 2.12. The van der Waals surface area contributed by atoms with Crippen LogP contribution in [-0.2, 0) is 0 Å². The molecule has 0 spiro atoms. The van der Waals surface area contributed by atoms with Crippen LogP contribution in [0.5, 0.6) is 0 Å². The summed E-state index contributed by atoms with van der Waals surface area (Å²) < 4.78 is 0. The molecule has 0 aliphatic heterocycles. The van der Waals surface area contributed by atoms with Crippen molar-refractivity contribution in [3.8, 4) is 0 Å². The third kappa shape index (κ3) is 5.21. The molecule has 0 bridgehead atoms. The van der Waals surface area contributed by atoms with E-state index < -0.39 is 0 Å². The van der Waals surface area contributed by atoms with Crippen molar-refractivity contribution < 1.29 is 10.2 Å². The summed E-state index contributed by atoms with van der Waals surface area (Å²) in [6.07, 6.45) is 0. The van der Waals surface area contributed by atoms with Gasteiger partial charge in [-0.25, -0.2) is 0 Å². The topological polar surface area (TPSA) is 78.5 Å². The van der Waals surface area contributed by atoms with Gasteiger partial charge in [-0.05, 0) is 24.9 Å². The monoisotopic (exact) mass is 190 g/mol. The Kier molecular flexibility index (Phi) is 7.17. The van der Waals surface area contributed by atoms with Gasteiger partial charge in [0.25, 0.3) is 0 Å². The zero-order valence-corrected chi connectivity index (χ0v) is 8.53. The summed E-state index contributed by atoms with van der Waals surface area (Å²) in [5, 5.41) is 20.7. The van der Waals surface area contributed by atoms with E-state index in [1.165, 1.54) is 0 Å². The van der Waals surface area contributed by atoms with Gasteiger partial charge in [-0.1, -0.05) is 13.8 Å². The van der Waals surface area contributed by atoms with Crippen LogP contribution in [0, 0.1) is 11.8 Å². The summed E-state index contributed by atoms with van der Waals surface area (Å²) in [6, 6.07) is -0.215. The van der Waals surface area contributed by atoms with E-state index in [1.807, 2.05) is 0 Å². The molecule has 0 amide bonds. The molecule has 0 aliphatic carbocycles. The van der Waals surface area contributed by atoms with Gasteiger partial charge in [0.1, 0.15) is 0 Å². The van der Waals surface area contributed by atoms with E-state index >= 15 is 0 Å². The lowest BCUT2D eigenvalue weighted by Crippen LogP contribution is -2.41. The summed E-state index contributed by atoms with van der Waals surface area (Å²) >= 11 is 0. The highest BCUT2D eigenvalue weighted by Gasteiger charge is 2.13. The zero-order chi connectivity index (χ0) is 10.3. The van der Waals surface area contributed by atoms with Gasteiger partial charge in [0.2, 0.25) is 0 Å². The fraction of sp³-hybridized carbons (Fsp3) is 1.00. The van der Waals surface area contributed by atoms with Crippen LogP contribution in [0.2, 0.25) is 0 Å². The first-order valence-electron chi connectivity index (χ1n) is 4.80. The molecule has 0 saturated heterocycles. The molecule has 0 radical (unpaired) electrons. The third-order valence-corrected chi connectivity index (χ3v) is 2.36. The molecule has 0 rings (SSSR count). The van der Waals surface area contributed by atoms with Crippen molar-refractivity contribution in [3.63, 3.8) is 0 Å². The van der Waals surface area contributed by atoms with Gasteiger partial charge >= 0.3 is 0 Å². The molecule has 5 N–H and O–H groups in total. The molecule has 4 nitrogen and oxygen atoms in total. The summed E-state index contributed by atoms with van der Waals surface area (Å²) in [5.41, 5.74) is 5.58. The van der Waals surface area contributed by atoms with Crippen LogP contribution in [0.3, 0.4) is 0 Å². The Balaban J connectivity index is 3.69. The maximum Gasteiger partial charge on any atom is 0.0607 e. The minimum Gasteiger partial charge on any atom is -0.395 e. The van der Waals surface area contributed by atoms with E-state index in [4.69, 9.17) is 15.9 Å². The highest BCUT2D eigenvalue weighted by atomic mass is 16.3. The van der Waals surface area contributed by atoms with Crippen LogP contribution in [0.15, 0.2) is 0 Å². The molecule has 0 saturated carbocycles. The van der Waals surface area contributed by atoms with Gasteiger partial charge in [-0.15, -0.1) is 0 Å². The molecule has 0 heterocycles. The molecular formula is C9H22N2O2. The lowest BCUT2D eigenvalue weighted by Gasteiger charge is -2.22. The summed E-state index contributed by atoms with van der Waals surface area (Å²) in [5.74, 6) is 0.927. The summed E-state index contributed by atoms with van der Waals surface area (Å²) in [4.78, 5) is 0. The van der Waals surface area contributed by atoms with Crippen molar-refractivity contribution in [2.24, 2.45) is 17.6 Å². The number of aliphatic hydroxyl groups is 2. The Labute approximate surface area is 80.1 Å². The number of aliphatic hydroxyl groups excluding tert-OH is 2. The van der Waals surface area contributed by atoms with Gasteiger partial charge in [-0.2, -0.15) is 0 Å². The van der Waals surface area contributed by atoms with Gasteiger partial charge < -0.3 is 21.3 Å². The first-order valence-corrected chi connectivity index (χ1v) is 4.80. The van der Waals surface area contributed by atoms with Crippen molar-refractivity contribution in [2.75, 3.05) is 26.3 Å². The van der Waals surface area contributed by atoms with Crippen molar-refractivity contribution in [1.82, 2.24) is 5.32 Å². The van der Waals surface area contributed by atoms with Crippen LogP contribution in [0.25, 0.3) is 0 Å². The molecule has 80 valence electrons. The summed E-state index contributed by atoms with van der Waals surface area (Å²) in [7, 11) is 0. The van der Waals surface area contributed by atoms with Crippen LogP contribution in [0.4, 0.5) is 0 Å². The van der Waals surface area contributed by atoms with Crippen molar-refractivity contribution in [1.29, 1.82) is 0 Å². The molecule has 13 heavy (non-hydrogen) atoms. The normalized spacial score (nSPS) is 14.1. The van der Waals surface area contributed by atoms with Gasteiger partial charge in [0.05, 0.1) is 19.3 Å². The standard InChI is InChI=1S/C9H22N2O2/c1-7(2)8(3-10)4-11-9(5-12)6-13/h7-9,11-13H,3-6,10H2,1-2H3. The number of nitrogens with one attached hydrogen (secondary N) is 1. The molecule has 1 unspecified atom stereocenters. The summed E-state index contributed by atoms with van der Waals surface area (Å²) in [6.45, 7) is 5.55. The highest BCUT2D eigenvalue weighted by molar-refractivity contribution is 4.71. The maximum atomic E-state index is 8.80. The molecule has 0 aliphatic rings. The zero-order valence-electron chi connectivity index (χ0n) is 8.53. The van der Waals surface area contributed by atoms with Gasteiger partial charge in [-0.3, -0.25) is 0 Å². The second-order valence-corrected chi connectivity index (χ2v) is 3.71. The minimum atomic E-state index is -0.215. The van der Waals surface area contributed by atoms with E-state index in [9.17, 15) is 0 Å². The van der Waals surface area contributed by atoms with Crippen LogP contribution >= 0.6 is 0 Å². The van der Waals surface area contributed by atoms with Gasteiger partial charge in [0.15, 0.2) is 0 Å². The lowest BCUT2D eigenvalue weighted by atomic mass is 9.96. The second-order valence-electron chi connectivity index (χ2n) is 3.71. The number of hydrogen-bond donors (Lipinski definition) is 4. The highest BCUT2D eigenvalue weighted by Crippen LogP contribution is 2.07. The predicted molar refractivity (Wildman–Crippen MR) is 53.3 cm³/mol. The largest absolute Gasteiger partial charge is 0.395 e. The fourth-order valence-electron chi connectivity index (χ4n) is 1.10. The van der Waals surface area contributed by atoms with Gasteiger partial charge in [0, 0.05) is 0 Å². The van der Waals surface area contributed by atoms with Crippen LogP contribution in [0.1, 0.15) is 13.8 Å². The second kappa shape index (κ2) is 7.26. The predicted octanol–water partition coefficient (Wildman–Crippen LogP) is -0.840. The Morgan fingerprint density at radius 1 is 1.23 bits per heavy atom. The van der Waals surface area contributed by atoms with E-state index in [2.05, 4.69) is 19.2 Å². The first kappa shape index (κ1) is 12.8. The molecule has 0 aromatic heterocycles. The quantitative estimate of drug-likeness (QED) is 0.422. The Morgan fingerprint density at radius 3 is 2.08 bits per heavy atom. The molecule has 1 atom stereocenters. The SMILES string of the molecule is CC(C)C(CN)CNC(CO)CO. The minimum absolute atomic E-state index is 0.0358. The van der Waals surface area contributed by atoms with E-state index in [1.54, 1.807) is 0 Å². The van der Waals surface area contributed by atoms with E-state index in [-0.39, 0.29) is 19.3 Å². The number of rotatable bonds is 7. The molecule has 4 heteroatoms. The molecule has 0 fully saturated rings. The van der Waals surface area contributed by atoms with Crippen LogP contribution in [-0.4, -0.2) is 42.6 Å². The maximum absolute atomic E-state index is 8.80. The third-order valence-electron chi connectivity index (χ3n) is 2.36. The Bertz CT molecular complexity index is 116. The van der Waals surface area contributed by atoms with Crippen LogP contribution < -0.4 is 11.1 Å². The fourth-order valence-corrected chi connectivity index (χ4v) is 1.10. The van der Waals surface area contributed by atoms with Crippen molar-refractivity contribution >= 4 is 0 Å². The smallest absolute Gasteiger partial charge is 0.0607 e. The van der Waals surface area contributed by atoms with Crippen molar-refractivity contribution in [2.45, 2.75) is 19.9 Å². The molecule has 0 aromatic carbocycles. The Morgan fingerprint density at radius 2 is 1.77 bits per heavy atom. The number of nitrogens with two attached hydrogens (primary N) is 1. The van der Waals surface area contributed by atoms with Crippen molar-refractivity contribution in [3.05, 3.63) is 0 Å². The Hall–Kier alpha value is -0.160. The first-order chi connectivity index (χ1) is 6.15.